The van der Waals surface area contributed by atoms with Crippen molar-refractivity contribution >= 4 is 44.4 Å². The monoisotopic (exact) mass is 424 g/mol. The summed E-state index contributed by atoms with van der Waals surface area (Å²) in [6, 6.07) is 1.84. The lowest BCUT2D eigenvalue weighted by molar-refractivity contribution is 0.261. The van der Waals surface area contributed by atoms with E-state index in [1.165, 1.54) is 6.33 Å². The van der Waals surface area contributed by atoms with Gasteiger partial charge in [-0.2, -0.15) is 5.10 Å². The molecule has 3 aromatic heterocycles. The van der Waals surface area contributed by atoms with Crippen molar-refractivity contribution in [1.82, 2.24) is 24.7 Å². The third-order valence-corrected chi connectivity index (χ3v) is 4.28. The predicted octanol–water partition coefficient (Wildman–Crippen LogP) is 3.82. The Bertz CT molecular complexity index is 898. The van der Waals surface area contributed by atoms with Crippen LogP contribution >= 0.6 is 27.5 Å². The summed E-state index contributed by atoms with van der Waals surface area (Å²) in [6.07, 6.45) is 3.25. The highest BCUT2D eigenvalue weighted by molar-refractivity contribution is 9.10. The number of hydrogen-bond acceptors (Lipinski definition) is 6. The van der Waals surface area contributed by atoms with Crippen molar-refractivity contribution < 1.29 is 4.74 Å². The Labute approximate surface area is 158 Å². The minimum Gasteiger partial charge on any atom is -0.476 e. The van der Waals surface area contributed by atoms with E-state index in [0.29, 0.717) is 40.4 Å². The van der Waals surface area contributed by atoms with E-state index in [4.69, 9.17) is 16.3 Å². The predicted molar refractivity (Wildman–Crippen MR) is 101 cm³/mol. The minimum atomic E-state index is 0.414. The normalized spacial score (nSPS) is 11.3. The zero-order valence-electron chi connectivity index (χ0n) is 14.1. The van der Waals surface area contributed by atoms with Crippen molar-refractivity contribution in [2.45, 2.75) is 20.4 Å². The number of fused-ring (bicyclic) bond motifs is 1. The van der Waals surface area contributed by atoms with Gasteiger partial charge in [0, 0.05) is 19.8 Å². The van der Waals surface area contributed by atoms with Crippen molar-refractivity contribution in [3.8, 4) is 5.88 Å². The zero-order chi connectivity index (χ0) is 18.0. The summed E-state index contributed by atoms with van der Waals surface area (Å²) < 4.78 is 7.99. The van der Waals surface area contributed by atoms with Crippen molar-refractivity contribution in [3.05, 3.63) is 33.8 Å². The third-order valence-electron chi connectivity index (χ3n) is 3.46. The van der Waals surface area contributed by atoms with Crippen LogP contribution in [0.3, 0.4) is 0 Å². The van der Waals surface area contributed by atoms with Crippen LogP contribution in [0.4, 0.5) is 5.82 Å². The van der Waals surface area contributed by atoms with Gasteiger partial charge in [0.25, 0.3) is 0 Å². The fourth-order valence-corrected chi connectivity index (χ4v) is 3.12. The second-order valence-corrected chi connectivity index (χ2v) is 7.18. The molecule has 0 aliphatic heterocycles. The Morgan fingerprint density at radius 3 is 2.84 bits per heavy atom. The van der Waals surface area contributed by atoms with E-state index in [0.717, 1.165) is 16.6 Å². The van der Waals surface area contributed by atoms with Gasteiger partial charge in [-0.15, -0.1) is 0 Å². The molecule has 3 heterocycles. The number of anilines is 1. The molecule has 3 rings (SSSR count). The highest BCUT2D eigenvalue weighted by Gasteiger charge is 2.13. The van der Waals surface area contributed by atoms with Crippen LogP contribution in [0.15, 0.2) is 23.2 Å². The summed E-state index contributed by atoms with van der Waals surface area (Å²) >= 11 is 9.70. The summed E-state index contributed by atoms with van der Waals surface area (Å²) in [4.78, 5) is 12.8. The number of aryl methyl sites for hydroxylation is 1. The van der Waals surface area contributed by atoms with E-state index in [1.54, 1.807) is 10.9 Å². The zero-order valence-corrected chi connectivity index (χ0v) is 16.5. The Morgan fingerprint density at radius 1 is 1.32 bits per heavy atom. The van der Waals surface area contributed by atoms with Gasteiger partial charge in [0.2, 0.25) is 5.88 Å². The standard InChI is InChI=1S/C16H18BrClN6O/c1-9(2)7-25-16-11(18)4-10(6-20-16)5-19-14-12-13(17)23-24(3)15(12)22-8-21-14/h4,6,8-9H,5,7H2,1-3H3,(H,19,21,22). The number of nitrogens with one attached hydrogen (secondary N) is 1. The minimum absolute atomic E-state index is 0.414. The lowest BCUT2D eigenvalue weighted by Gasteiger charge is -2.11. The van der Waals surface area contributed by atoms with Gasteiger partial charge in [0.05, 0.1) is 12.0 Å². The van der Waals surface area contributed by atoms with Crippen LogP contribution in [0, 0.1) is 5.92 Å². The van der Waals surface area contributed by atoms with Crippen molar-refractivity contribution in [1.29, 1.82) is 0 Å². The maximum atomic E-state index is 6.26. The van der Waals surface area contributed by atoms with Gasteiger partial charge in [0.1, 0.15) is 21.8 Å². The van der Waals surface area contributed by atoms with E-state index < -0.39 is 0 Å². The maximum absolute atomic E-state index is 6.26. The molecule has 0 aliphatic rings. The van der Waals surface area contributed by atoms with E-state index in [-0.39, 0.29) is 0 Å². The molecule has 9 heteroatoms. The number of ether oxygens (including phenoxy) is 1. The first kappa shape index (κ1) is 17.9. The van der Waals surface area contributed by atoms with E-state index >= 15 is 0 Å². The smallest absolute Gasteiger partial charge is 0.232 e. The molecule has 7 nitrogen and oxygen atoms in total. The molecule has 0 unspecified atom stereocenters. The molecule has 132 valence electrons. The van der Waals surface area contributed by atoms with Gasteiger partial charge in [-0.1, -0.05) is 25.4 Å². The number of hydrogen-bond donors (Lipinski definition) is 1. The third kappa shape index (κ3) is 4.01. The summed E-state index contributed by atoms with van der Waals surface area (Å²) in [6.45, 7) is 5.25. The summed E-state index contributed by atoms with van der Waals surface area (Å²) in [5.74, 6) is 1.57. The molecule has 0 aliphatic carbocycles. The number of halogens is 2. The molecule has 0 aromatic carbocycles. The summed E-state index contributed by atoms with van der Waals surface area (Å²) in [5.41, 5.74) is 1.67. The molecule has 25 heavy (non-hydrogen) atoms. The number of rotatable bonds is 6. The Morgan fingerprint density at radius 2 is 2.12 bits per heavy atom. The molecule has 0 spiro atoms. The first-order valence-corrected chi connectivity index (χ1v) is 8.97. The second-order valence-electron chi connectivity index (χ2n) is 6.02. The van der Waals surface area contributed by atoms with Crippen molar-refractivity contribution in [3.63, 3.8) is 0 Å². The fraction of sp³-hybridized carbons (Fsp3) is 0.375. The molecule has 0 atom stereocenters. The Kier molecular flexibility index (Phi) is 5.39. The molecular weight excluding hydrogens is 408 g/mol. The van der Waals surface area contributed by atoms with Crippen LogP contribution in [0.5, 0.6) is 5.88 Å². The van der Waals surface area contributed by atoms with E-state index in [9.17, 15) is 0 Å². The van der Waals surface area contributed by atoms with Crippen LogP contribution in [0.1, 0.15) is 19.4 Å². The molecule has 0 saturated carbocycles. The van der Waals surface area contributed by atoms with Crippen LogP contribution in [0.25, 0.3) is 11.0 Å². The van der Waals surface area contributed by atoms with Gasteiger partial charge in [-0.3, -0.25) is 0 Å². The molecule has 0 amide bonds. The highest BCUT2D eigenvalue weighted by Crippen LogP contribution is 2.28. The SMILES string of the molecule is CC(C)COc1ncc(CNc2ncnc3c2c(Br)nn3C)cc1Cl. The van der Waals surface area contributed by atoms with Crippen LogP contribution in [0.2, 0.25) is 5.02 Å². The number of aromatic nitrogens is 5. The van der Waals surface area contributed by atoms with Gasteiger partial charge in [-0.05, 0) is 33.5 Å². The average Bonchev–Trinajstić information content (AvgIpc) is 2.87. The second kappa shape index (κ2) is 7.53. The quantitative estimate of drug-likeness (QED) is 0.647. The first-order chi connectivity index (χ1) is 12.0. The number of pyridine rings is 1. The van der Waals surface area contributed by atoms with Crippen LogP contribution in [-0.4, -0.2) is 31.3 Å². The molecule has 0 fully saturated rings. The molecule has 0 saturated heterocycles. The van der Waals surface area contributed by atoms with Crippen LogP contribution < -0.4 is 10.1 Å². The lowest BCUT2D eigenvalue weighted by Crippen LogP contribution is -2.07. The Balaban J connectivity index is 1.75. The number of nitrogens with zero attached hydrogens (tertiary/aromatic N) is 5. The van der Waals surface area contributed by atoms with Crippen molar-refractivity contribution in [2.24, 2.45) is 13.0 Å². The van der Waals surface area contributed by atoms with Gasteiger partial charge in [-0.25, -0.2) is 19.6 Å². The van der Waals surface area contributed by atoms with E-state index in [1.807, 2.05) is 13.1 Å². The lowest BCUT2D eigenvalue weighted by atomic mass is 10.2. The fourth-order valence-electron chi connectivity index (χ4n) is 2.27. The molecule has 0 bridgehead atoms. The first-order valence-electron chi connectivity index (χ1n) is 7.80. The summed E-state index contributed by atoms with van der Waals surface area (Å²) in [7, 11) is 1.84. The topological polar surface area (TPSA) is 77.8 Å². The molecular formula is C16H18BrClN6O. The van der Waals surface area contributed by atoms with Gasteiger partial charge < -0.3 is 10.1 Å². The van der Waals surface area contributed by atoms with Crippen LogP contribution in [-0.2, 0) is 13.6 Å². The summed E-state index contributed by atoms with van der Waals surface area (Å²) in [5, 5.41) is 8.92. The average molecular weight is 426 g/mol. The van der Waals surface area contributed by atoms with Crippen molar-refractivity contribution in [2.75, 3.05) is 11.9 Å². The van der Waals surface area contributed by atoms with E-state index in [2.05, 4.69) is 55.1 Å². The van der Waals surface area contributed by atoms with Gasteiger partial charge in [0.15, 0.2) is 5.65 Å². The van der Waals surface area contributed by atoms with Gasteiger partial charge >= 0.3 is 0 Å². The highest BCUT2D eigenvalue weighted by atomic mass is 79.9. The maximum Gasteiger partial charge on any atom is 0.232 e. The molecule has 0 radical (unpaired) electrons. The largest absolute Gasteiger partial charge is 0.476 e. The Hall–Kier alpha value is -1.93. The molecule has 1 N–H and O–H groups in total. The molecule has 3 aromatic rings.